The van der Waals surface area contributed by atoms with Crippen LogP contribution in [0.4, 0.5) is 5.69 Å². The molecule has 2 bridgehead atoms. The van der Waals surface area contributed by atoms with Crippen molar-refractivity contribution in [2.24, 2.45) is 21.1 Å². The molecule has 7 heteroatoms. The fourth-order valence-electron chi connectivity index (χ4n) is 7.03. The van der Waals surface area contributed by atoms with Gasteiger partial charge in [-0.2, -0.15) is 0 Å². The summed E-state index contributed by atoms with van der Waals surface area (Å²) >= 11 is 0. The summed E-state index contributed by atoms with van der Waals surface area (Å²) in [6.07, 6.45) is 3.56. The van der Waals surface area contributed by atoms with Crippen LogP contribution in [-0.4, -0.2) is 39.7 Å². The molecule has 0 unspecified atom stereocenters. The number of fused-ring (bicyclic) bond motifs is 4. The molecule has 0 spiro atoms. The molecule has 1 saturated heterocycles. The topological polar surface area (TPSA) is 79.4 Å². The lowest BCUT2D eigenvalue weighted by Gasteiger charge is -2.40. The fourth-order valence-corrected chi connectivity index (χ4v) is 7.03. The lowest BCUT2D eigenvalue weighted by atomic mass is 9.65. The number of likely N-dealkylation sites (tertiary alicyclic amines) is 1. The van der Waals surface area contributed by atoms with Crippen LogP contribution in [0.5, 0.6) is 11.6 Å². The molecular formula is C31H34N4O3. The smallest absolute Gasteiger partial charge is 0.302 e. The standard InChI is InChI=1S/C31H34N4O3/c1-30(2)15-22-16-31(3,18-30)19-34(22)20-35-25-13-7-6-12-24(25)28(29(35)37)33-32-27(36)17-38-26-14-8-10-21-9-4-5-11-23(21)26/h4-14,22,37H,15-20H2,1-3H3/t22-,31+/m1/s1. The largest absolute Gasteiger partial charge is 0.493 e. The molecule has 1 amide bonds. The number of carbonyl (C=O) groups excluding carboxylic acids is 1. The van der Waals surface area contributed by atoms with Crippen molar-refractivity contribution in [1.82, 2.24) is 9.47 Å². The van der Waals surface area contributed by atoms with E-state index in [4.69, 9.17) is 4.74 Å². The van der Waals surface area contributed by atoms with Gasteiger partial charge in [0.25, 0.3) is 0 Å². The van der Waals surface area contributed by atoms with Crippen LogP contribution in [0.25, 0.3) is 21.7 Å². The second kappa shape index (κ2) is 9.24. The Labute approximate surface area is 222 Å². The second-order valence-corrected chi connectivity index (χ2v) is 12.1. The molecule has 196 valence electrons. The minimum absolute atomic E-state index is 0.0311. The molecule has 4 aromatic rings. The number of para-hydroxylation sites is 1. The van der Waals surface area contributed by atoms with Gasteiger partial charge in [-0.15, -0.1) is 10.2 Å². The van der Waals surface area contributed by atoms with Crippen LogP contribution in [-0.2, 0) is 11.5 Å². The first-order chi connectivity index (χ1) is 18.2. The molecule has 3 aromatic carbocycles. The van der Waals surface area contributed by atoms with Gasteiger partial charge in [-0.1, -0.05) is 75.4 Å². The van der Waals surface area contributed by atoms with Crippen molar-refractivity contribution < 1.29 is 14.6 Å². The number of amides is 1. The molecule has 0 radical (unpaired) electrons. The first-order valence-corrected chi connectivity index (χ1v) is 13.3. The summed E-state index contributed by atoms with van der Waals surface area (Å²) in [4.78, 5) is 15.1. The quantitative estimate of drug-likeness (QED) is 0.282. The van der Waals surface area contributed by atoms with E-state index in [1.165, 1.54) is 12.8 Å². The zero-order chi connectivity index (χ0) is 26.5. The van der Waals surface area contributed by atoms with Gasteiger partial charge in [0.15, 0.2) is 12.3 Å². The van der Waals surface area contributed by atoms with Crippen LogP contribution in [0.3, 0.4) is 0 Å². The Bertz CT molecular complexity index is 1550. The van der Waals surface area contributed by atoms with E-state index in [1.807, 2.05) is 71.3 Å². The molecule has 2 fully saturated rings. The number of carbonyl (C=O) groups is 1. The molecule has 2 aliphatic rings. The van der Waals surface area contributed by atoms with Crippen molar-refractivity contribution in [2.75, 3.05) is 13.2 Å². The highest BCUT2D eigenvalue weighted by atomic mass is 16.5. The van der Waals surface area contributed by atoms with Gasteiger partial charge >= 0.3 is 5.91 Å². The average molecular weight is 511 g/mol. The van der Waals surface area contributed by atoms with E-state index < -0.39 is 5.91 Å². The van der Waals surface area contributed by atoms with Gasteiger partial charge in [0.05, 0.1) is 12.2 Å². The zero-order valence-electron chi connectivity index (χ0n) is 22.2. The van der Waals surface area contributed by atoms with Crippen LogP contribution in [0.15, 0.2) is 77.0 Å². The summed E-state index contributed by atoms with van der Waals surface area (Å²) in [6, 6.07) is 21.8. The van der Waals surface area contributed by atoms with E-state index in [0.717, 1.165) is 34.6 Å². The van der Waals surface area contributed by atoms with Crippen molar-refractivity contribution in [3.05, 3.63) is 66.7 Å². The van der Waals surface area contributed by atoms with Crippen LogP contribution in [0, 0.1) is 10.8 Å². The Balaban J connectivity index is 1.22. The summed E-state index contributed by atoms with van der Waals surface area (Å²) < 4.78 is 7.67. The summed E-state index contributed by atoms with van der Waals surface area (Å²) in [5, 5.41) is 22.1. The van der Waals surface area contributed by atoms with Crippen molar-refractivity contribution in [3.63, 3.8) is 0 Å². The number of azo groups is 1. The number of aromatic hydroxyl groups is 1. The summed E-state index contributed by atoms with van der Waals surface area (Å²) in [7, 11) is 0. The van der Waals surface area contributed by atoms with Crippen LogP contribution < -0.4 is 4.74 Å². The highest BCUT2D eigenvalue weighted by Crippen LogP contribution is 2.53. The molecule has 6 rings (SSSR count). The summed E-state index contributed by atoms with van der Waals surface area (Å²) in [6.45, 7) is 8.47. The van der Waals surface area contributed by atoms with Gasteiger partial charge in [-0.3, -0.25) is 14.3 Å². The predicted molar refractivity (Wildman–Crippen MR) is 149 cm³/mol. The molecule has 38 heavy (non-hydrogen) atoms. The Hall–Kier alpha value is -3.71. The molecule has 1 N–H and O–H groups in total. The van der Waals surface area contributed by atoms with E-state index in [2.05, 4.69) is 35.9 Å². The lowest BCUT2D eigenvalue weighted by Crippen LogP contribution is -2.35. The van der Waals surface area contributed by atoms with E-state index in [1.54, 1.807) is 0 Å². The third kappa shape index (κ3) is 4.56. The molecule has 1 aliphatic heterocycles. The van der Waals surface area contributed by atoms with Crippen molar-refractivity contribution >= 4 is 33.3 Å². The third-order valence-electron chi connectivity index (χ3n) is 8.13. The predicted octanol–water partition coefficient (Wildman–Crippen LogP) is 7.05. The monoisotopic (exact) mass is 510 g/mol. The molecule has 1 aliphatic carbocycles. The first-order valence-electron chi connectivity index (χ1n) is 13.3. The number of hydrogen-bond acceptors (Lipinski definition) is 5. The van der Waals surface area contributed by atoms with Gasteiger partial charge in [-0.25, -0.2) is 0 Å². The number of rotatable bonds is 6. The van der Waals surface area contributed by atoms with Crippen LogP contribution in [0.2, 0.25) is 0 Å². The number of hydrogen-bond donors (Lipinski definition) is 1. The Morgan fingerprint density at radius 3 is 2.58 bits per heavy atom. The number of benzene rings is 3. The van der Waals surface area contributed by atoms with Crippen molar-refractivity contribution in [3.8, 4) is 11.6 Å². The summed E-state index contributed by atoms with van der Waals surface area (Å²) in [5.41, 5.74) is 1.81. The van der Waals surface area contributed by atoms with Gasteiger partial charge < -0.3 is 9.84 Å². The summed E-state index contributed by atoms with van der Waals surface area (Å²) in [5.74, 6) is 0.139. The van der Waals surface area contributed by atoms with Crippen molar-refractivity contribution in [2.45, 2.75) is 52.7 Å². The maximum atomic E-state index is 12.6. The van der Waals surface area contributed by atoms with Gasteiger partial charge in [0, 0.05) is 23.4 Å². The van der Waals surface area contributed by atoms with Gasteiger partial charge in [0.1, 0.15) is 5.75 Å². The Morgan fingerprint density at radius 1 is 1.00 bits per heavy atom. The zero-order valence-corrected chi connectivity index (χ0v) is 22.2. The van der Waals surface area contributed by atoms with Crippen LogP contribution >= 0.6 is 0 Å². The number of aromatic nitrogens is 1. The van der Waals surface area contributed by atoms with E-state index in [0.29, 0.717) is 35.0 Å². The minimum atomic E-state index is -0.516. The maximum absolute atomic E-state index is 12.6. The third-order valence-corrected chi connectivity index (χ3v) is 8.13. The fraction of sp³-hybridized carbons (Fsp3) is 0.387. The molecule has 2 atom stereocenters. The highest BCUT2D eigenvalue weighted by Gasteiger charge is 2.49. The molecular weight excluding hydrogens is 476 g/mol. The number of nitrogens with zero attached hydrogens (tertiary/aromatic N) is 4. The average Bonchev–Trinajstić information content (AvgIpc) is 3.29. The Morgan fingerprint density at radius 2 is 1.74 bits per heavy atom. The van der Waals surface area contributed by atoms with E-state index >= 15 is 0 Å². The SMILES string of the molecule is CC1(C)C[C@@H]2C[C@](C)(CN2Cn2c(O)c(N=NC(=O)COc3cccc4ccccc34)c3ccccc32)C1. The van der Waals surface area contributed by atoms with Crippen molar-refractivity contribution in [1.29, 1.82) is 0 Å². The van der Waals surface area contributed by atoms with E-state index in [-0.39, 0.29) is 12.5 Å². The minimum Gasteiger partial charge on any atom is -0.493 e. The molecule has 1 aromatic heterocycles. The highest BCUT2D eigenvalue weighted by molar-refractivity contribution is 5.95. The van der Waals surface area contributed by atoms with E-state index in [9.17, 15) is 9.90 Å². The lowest BCUT2D eigenvalue weighted by molar-refractivity contribution is -0.120. The molecule has 2 heterocycles. The van der Waals surface area contributed by atoms with Crippen LogP contribution in [0.1, 0.15) is 40.0 Å². The maximum Gasteiger partial charge on any atom is 0.302 e. The number of ether oxygens (including phenoxy) is 1. The van der Waals surface area contributed by atoms with Gasteiger partial charge in [-0.05, 0) is 47.6 Å². The second-order valence-electron chi connectivity index (χ2n) is 12.1. The molecule has 1 saturated carbocycles. The first kappa shape index (κ1) is 24.6. The molecule has 7 nitrogen and oxygen atoms in total. The Kier molecular flexibility index (Phi) is 5.99. The normalized spacial score (nSPS) is 23.0. The van der Waals surface area contributed by atoms with Gasteiger partial charge in [0.2, 0.25) is 5.88 Å².